The molecule has 14 heteroatoms. The molecule has 0 saturated carbocycles. The van der Waals surface area contributed by atoms with Crippen LogP contribution in [0, 0.1) is 11.3 Å². The quantitative estimate of drug-likeness (QED) is 0.115. The Morgan fingerprint density at radius 2 is 1.58 bits per heavy atom. The van der Waals surface area contributed by atoms with E-state index in [1.807, 2.05) is 0 Å². The van der Waals surface area contributed by atoms with Crippen molar-refractivity contribution >= 4 is 38.5 Å². The first-order chi connectivity index (χ1) is 21.1. The fraction of sp³-hybridized carbons (Fsp3) is 0.452. The van der Waals surface area contributed by atoms with Gasteiger partial charge in [0.25, 0.3) is 5.91 Å². The van der Waals surface area contributed by atoms with Gasteiger partial charge >= 0.3 is 0 Å². The number of fused-ring (bicyclic) bond motifs is 1. The van der Waals surface area contributed by atoms with Crippen LogP contribution in [0.2, 0.25) is 0 Å². The number of amides is 2. The molecule has 45 heavy (non-hydrogen) atoms. The van der Waals surface area contributed by atoms with Crippen molar-refractivity contribution in [2.75, 3.05) is 27.6 Å². The SMILES string of the molecule is COc1cc(CCC[C@@H](C(=O)N[C@H](C(=O)c2cn(S(C)(=O)=O)c3ccccc23)C(C)(C)C)[C@H](O)C(=O)NO)cc(OC)c1OC. The number of benzene rings is 2. The molecular weight excluding hydrogens is 606 g/mol. The molecule has 3 rings (SSSR count). The summed E-state index contributed by atoms with van der Waals surface area (Å²) >= 11 is 0. The van der Waals surface area contributed by atoms with E-state index in [1.165, 1.54) is 33.0 Å². The number of hydrogen-bond acceptors (Lipinski definition) is 10. The summed E-state index contributed by atoms with van der Waals surface area (Å²) < 4.78 is 42.1. The van der Waals surface area contributed by atoms with E-state index in [1.54, 1.807) is 57.2 Å². The Labute approximate surface area is 262 Å². The number of rotatable bonds is 14. The van der Waals surface area contributed by atoms with Crippen LogP contribution in [-0.4, -0.2) is 80.0 Å². The van der Waals surface area contributed by atoms with Crippen LogP contribution in [-0.2, 0) is 26.0 Å². The Morgan fingerprint density at radius 3 is 2.09 bits per heavy atom. The van der Waals surface area contributed by atoms with Gasteiger partial charge in [0.2, 0.25) is 21.7 Å². The highest BCUT2D eigenvalue weighted by Gasteiger charge is 2.39. The number of aromatic nitrogens is 1. The van der Waals surface area contributed by atoms with E-state index in [4.69, 9.17) is 14.2 Å². The second-order valence-electron chi connectivity index (χ2n) is 11.7. The molecule has 2 aromatic carbocycles. The first-order valence-corrected chi connectivity index (χ1v) is 16.0. The Kier molecular flexibility index (Phi) is 11.2. The van der Waals surface area contributed by atoms with Crippen molar-refractivity contribution < 1.29 is 47.3 Å². The van der Waals surface area contributed by atoms with Gasteiger partial charge in [0.15, 0.2) is 17.3 Å². The minimum Gasteiger partial charge on any atom is -0.493 e. The zero-order chi connectivity index (χ0) is 33.7. The number of para-hydroxylation sites is 1. The van der Waals surface area contributed by atoms with E-state index in [2.05, 4.69) is 5.32 Å². The lowest BCUT2D eigenvalue weighted by atomic mass is 9.81. The second kappa shape index (κ2) is 14.3. The highest BCUT2D eigenvalue weighted by molar-refractivity contribution is 7.89. The number of hydrogen-bond donors (Lipinski definition) is 4. The fourth-order valence-corrected chi connectivity index (χ4v) is 6.00. The lowest BCUT2D eigenvalue weighted by molar-refractivity contribution is -0.146. The average molecular weight is 648 g/mol. The van der Waals surface area contributed by atoms with Gasteiger partial charge in [-0.3, -0.25) is 19.6 Å². The first-order valence-electron chi connectivity index (χ1n) is 14.1. The number of methoxy groups -OCH3 is 3. The maximum Gasteiger partial charge on any atom is 0.272 e. The highest BCUT2D eigenvalue weighted by Crippen LogP contribution is 2.38. The molecule has 3 aromatic rings. The van der Waals surface area contributed by atoms with Gasteiger partial charge in [0.05, 0.1) is 45.1 Å². The van der Waals surface area contributed by atoms with Crippen molar-refractivity contribution in [3.8, 4) is 17.2 Å². The maximum atomic E-state index is 14.0. The monoisotopic (exact) mass is 647 g/mol. The Morgan fingerprint density at radius 1 is 0.978 bits per heavy atom. The summed E-state index contributed by atoms with van der Waals surface area (Å²) in [4.78, 5) is 40.0. The molecule has 0 saturated heterocycles. The van der Waals surface area contributed by atoms with E-state index >= 15 is 0 Å². The minimum absolute atomic E-state index is 0.00444. The van der Waals surface area contributed by atoms with Gasteiger partial charge in [0.1, 0.15) is 6.10 Å². The molecule has 4 N–H and O–H groups in total. The molecular formula is C31H41N3O10S. The first kappa shape index (κ1) is 35.3. The zero-order valence-electron chi connectivity index (χ0n) is 26.4. The predicted octanol–water partition coefficient (Wildman–Crippen LogP) is 2.69. The number of nitrogens with zero attached hydrogens (tertiary/aromatic N) is 1. The van der Waals surface area contributed by atoms with Gasteiger partial charge in [-0.2, -0.15) is 0 Å². The number of hydroxylamine groups is 1. The van der Waals surface area contributed by atoms with Crippen LogP contribution in [0.15, 0.2) is 42.6 Å². The number of aryl methyl sites for hydroxylation is 1. The van der Waals surface area contributed by atoms with Gasteiger partial charge in [-0.1, -0.05) is 39.0 Å². The van der Waals surface area contributed by atoms with Crippen LogP contribution in [0.3, 0.4) is 0 Å². The number of carbonyl (C=O) groups is 3. The van der Waals surface area contributed by atoms with E-state index in [0.29, 0.717) is 41.0 Å². The van der Waals surface area contributed by atoms with E-state index < -0.39 is 51.1 Å². The molecule has 0 aliphatic rings. The Hall–Kier alpha value is -4.14. The summed E-state index contributed by atoms with van der Waals surface area (Å²) in [7, 11) is 0.692. The molecule has 0 radical (unpaired) electrons. The van der Waals surface area contributed by atoms with E-state index in [0.717, 1.165) is 15.8 Å². The normalized spacial score (nSPS) is 13.9. The van der Waals surface area contributed by atoms with Crippen molar-refractivity contribution in [2.24, 2.45) is 11.3 Å². The third kappa shape index (κ3) is 7.93. The Bertz CT molecular complexity index is 1630. The van der Waals surface area contributed by atoms with Crippen molar-refractivity contribution in [3.05, 3.63) is 53.7 Å². The van der Waals surface area contributed by atoms with Gasteiger partial charge in [-0.15, -0.1) is 0 Å². The van der Waals surface area contributed by atoms with Crippen LogP contribution in [0.5, 0.6) is 17.2 Å². The summed E-state index contributed by atoms with van der Waals surface area (Å²) in [5.41, 5.74) is 1.68. The van der Waals surface area contributed by atoms with Crippen molar-refractivity contribution in [2.45, 2.75) is 52.2 Å². The third-order valence-corrected chi connectivity index (χ3v) is 8.53. The highest BCUT2D eigenvalue weighted by atomic mass is 32.2. The molecule has 0 unspecified atom stereocenters. The summed E-state index contributed by atoms with van der Waals surface area (Å²) in [6.45, 7) is 5.17. The molecule has 2 amide bonds. The average Bonchev–Trinajstić information content (AvgIpc) is 3.40. The number of ether oxygens (including phenoxy) is 3. The smallest absolute Gasteiger partial charge is 0.272 e. The van der Waals surface area contributed by atoms with Crippen LogP contribution < -0.4 is 25.0 Å². The number of aliphatic hydroxyl groups excluding tert-OH is 1. The van der Waals surface area contributed by atoms with E-state index in [-0.39, 0.29) is 12.0 Å². The van der Waals surface area contributed by atoms with Gasteiger partial charge in [-0.05, 0) is 48.4 Å². The summed E-state index contributed by atoms with van der Waals surface area (Å²) in [6.07, 6.45) is 1.01. The van der Waals surface area contributed by atoms with Crippen LogP contribution >= 0.6 is 0 Å². The largest absolute Gasteiger partial charge is 0.493 e. The van der Waals surface area contributed by atoms with Crippen LogP contribution in [0.4, 0.5) is 0 Å². The van der Waals surface area contributed by atoms with Crippen molar-refractivity contribution in [1.29, 1.82) is 0 Å². The molecule has 0 bridgehead atoms. The van der Waals surface area contributed by atoms with Gasteiger partial charge < -0.3 is 24.6 Å². The number of aliphatic hydroxyl groups is 1. The number of ketones is 1. The maximum absolute atomic E-state index is 14.0. The molecule has 1 aromatic heterocycles. The van der Waals surface area contributed by atoms with Crippen LogP contribution in [0.25, 0.3) is 10.9 Å². The number of Topliss-reactive ketones (excluding diaryl/α,β-unsaturated/α-hetero) is 1. The summed E-state index contributed by atoms with van der Waals surface area (Å²) in [5, 5.41) is 23.0. The van der Waals surface area contributed by atoms with Gasteiger partial charge in [0, 0.05) is 17.1 Å². The second-order valence-corrected chi connectivity index (χ2v) is 13.6. The van der Waals surface area contributed by atoms with E-state index in [9.17, 15) is 33.1 Å². The Balaban J connectivity index is 1.92. The van der Waals surface area contributed by atoms with Crippen LogP contribution in [0.1, 0.15) is 49.5 Å². The molecule has 0 fully saturated rings. The summed E-state index contributed by atoms with van der Waals surface area (Å²) in [6, 6.07) is 8.83. The predicted molar refractivity (Wildman–Crippen MR) is 166 cm³/mol. The third-order valence-electron chi connectivity index (χ3n) is 7.52. The zero-order valence-corrected chi connectivity index (χ0v) is 27.2. The summed E-state index contributed by atoms with van der Waals surface area (Å²) in [5.74, 6) is -2.60. The number of nitrogens with one attached hydrogen (secondary N) is 2. The molecule has 0 spiro atoms. The lowest BCUT2D eigenvalue weighted by Crippen LogP contribution is -2.53. The van der Waals surface area contributed by atoms with Gasteiger partial charge in [-0.25, -0.2) is 17.9 Å². The molecule has 0 aliphatic heterocycles. The molecule has 3 atom stereocenters. The van der Waals surface area contributed by atoms with Crippen molar-refractivity contribution in [1.82, 2.24) is 14.8 Å². The topological polar surface area (TPSA) is 182 Å². The molecule has 0 aliphatic carbocycles. The lowest BCUT2D eigenvalue weighted by Gasteiger charge is -2.32. The molecule has 246 valence electrons. The van der Waals surface area contributed by atoms with Crippen molar-refractivity contribution in [3.63, 3.8) is 0 Å². The molecule has 13 nitrogen and oxygen atoms in total. The fourth-order valence-electron chi connectivity index (χ4n) is 5.19. The number of carbonyl (C=O) groups excluding carboxylic acids is 3. The molecule has 1 heterocycles. The minimum atomic E-state index is -3.76. The standard InChI is InChI=1S/C31H41N3O10S/c1-31(2,3)28(25(35)21-17-34(45(7,40)41)22-14-9-8-12-19(21)22)32-29(37)20(26(36)30(38)33-39)13-10-11-18-15-23(42-4)27(44-6)24(16-18)43-5/h8-9,12,14-17,20,26,28,36,39H,10-11,13H2,1-7H3,(H,32,37)(H,33,38)/t20-,26+,28-/m1/s1.